The Kier molecular flexibility index (Phi) is 7.22. The predicted molar refractivity (Wildman–Crippen MR) is 157 cm³/mol. The summed E-state index contributed by atoms with van der Waals surface area (Å²) in [6, 6.07) is 41.9. The van der Waals surface area contributed by atoms with E-state index in [2.05, 4.69) is 121 Å². The van der Waals surface area contributed by atoms with Crippen molar-refractivity contribution in [1.82, 2.24) is 0 Å². The monoisotopic (exact) mass is 495 g/mol. The van der Waals surface area contributed by atoms with Gasteiger partial charge in [-0.1, -0.05) is 109 Å². The van der Waals surface area contributed by atoms with E-state index < -0.39 is 13.2 Å². The third-order valence-electron chi connectivity index (χ3n) is 7.35. The van der Waals surface area contributed by atoms with Crippen LogP contribution in [0.25, 0.3) is 0 Å². The summed E-state index contributed by atoms with van der Waals surface area (Å²) < 4.78 is 0. The molecule has 1 heterocycles. The zero-order valence-corrected chi connectivity index (χ0v) is 22.0. The molecule has 3 atom stereocenters. The molecule has 1 fully saturated rings. The van der Waals surface area contributed by atoms with Crippen molar-refractivity contribution in [1.29, 1.82) is 0 Å². The molecule has 0 aliphatic carbocycles. The minimum Gasteiger partial charge on any atom is -0.291 e. The predicted octanol–water partition coefficient (Wildman–Crippen LogP) is 6.84. The molecule has 169 valence electrons. The molecule has 1 aliphatic rings. The molecule has 34 heavy (non-hydrogen) atoms. The van der Waals surface area contributed by atoms with Crippen LogP contribution in [0, 0.1) is 0 Å². The Balaban J connectivity index is 1.65. The van der Waals surface area contributed by atoms with Gasteiger partial charge in [-0.25, -0.2) is 0 Å². The topological polar surface area (TPSA) is 0 Å². The third-order valence-corrected chi connectivity index (χ3v) is 17.0. The van der Waals surface area contributed by atoms with Gasteiger partial charge in [0, 0.05) is 10.6 Å². The highest BCUT2D eigenvalue weighted by Crippen LogP contribution is 2.69. The lowest BCUT2D eigenvalue weighted by molar-refractivity contribution is 0.698. The molecule has 5 rings (SSSR count). The maximum absolute atomic E-state index is 7.71. The lowest BCUT2D eigenvalue weighted by Crippen LogP contribution is -2.29. The van der Waals surface area contributed by atoms with Gasteiger partial charge >= 0.3 is 0 Å². The van der Waals surface area contributed by atoms with Crippen molar-refractivity contribution in [3.05, 3.63) is 127 Å². The number of hydrogen-bond acceptors (Lipinski definition) is 1. The van der Waals surface area contributed by atoms with Crippen LogP contribution in [0.15, 0.2) is 121 Å². The fourth-order valence-electron chi connectivity index (χ4n) is 5.59. The van der Waals surface area contributed by atoms with Crippen LogP contribution in [0.5, 0.6) is 0 Å². The molecular formula is C30H30BP2S. The van der Waals surface area contributed by atoms with Crippen molar-refractivity contribution in [3.63, 3.8) is 0 Å². The summed E-state index contributed by atoms with van der Waals surface area (Å²) in [4.78, 5) is 0. The van der Waals surface area contributed by atoms with Gasteiger partial charge in [0.2, 0.25) is 0 Å². The summed E-state index contributed by atoms with van der Waals surface area (Å²) in [7, 11) is 5.48. The average Bonchev–Trinajstić information content (AvgIpc) is 3.30. The van der Waals surface area contributed by atoms with Gasteiger partial charge in [-0.05, 0) is 72.3 Å². The van der Waals surface area contributed by atoms with Crippen molar-refractivity contribution in [2.24, 2.45) is 0 Å². The van der Waals surface area contributed by atoms with Gasteiger partial charge in [-0.3, -0.25) is 7.57 Å². The Morgan fingerprint density at radius 1 is 0.735 bits per heavy atom. The van der Waals surface area contributed by atoms with E-state index in [4.69, 9.17) is 19.4 Å². The van der Waals surface area contributed by atoms with Crippen LogP contribution in [-0.4, -0.2) is 19.4 Å². The van der Waals surface area contributed by atoms with Crippen LogP contribution >= 0.6 is 13.2 Å². The van der Waals surface area contributed by atoms with Gasteiger partial charge in [-0.2, -0.15) is 7.14 Å². The van der Waals surface area contributed by atoms with Crippen LogP contribution in [0.4, 0.5) is 0 Å². The second-order valence-corrected chi connectivity index (χ2v) is 17.7. The minimum absolute atomic E-state index is 0.229. The molecule has 3 unspecified atom stereocenters. The van der Waals surface area contributed by atoms with Crippen molar-refractivity contribution in [2.45, 2.75) is 30.6 Å². The standard InChI is InChI=1S/C30H30BP2S/c31-33(27-18-9-3-10-19-27,28-20-11-4-12-21-28)30(25-14-5-1-6-15-25)24-29-22-13-23-32(29,34)26-16-7-2-8-17-26/h1-12,14-21,29-30H,13,22-24H2. The fraction of sp³-hybridized carbons (Fsp3) is 0.200. The van der Waals surface area contributed by atoms with Crippen molar-refractivity contribution in [3.8, 4) is 0 Å². The molecule has 0 saturated carbocycles. The van der Waals surface area contributed by atoms with Crippen LogP contribution in [-0.2, 0) is 11.8 Å². The zero-order chi connectivity index (χ0) is 23.4. The second kappa shape index (κ2) is 10.3. The highest BCUT2D eigenvalue weighted by molar-refractivity contribution is 8.18. The molecule has 0 spiro atoms. The first-order valence-corrected chi connectivity index (χ1v) is 17.1. The molecule has 0 aromatic heterocycles. The first-order chi connectivity index (χ1) is 16.6. The Bertz CT molecular complexity index is 1210. The van der Waals surface area contributed by atoms with Crippen molar-refractivity contribution in [2.75, 3.05) is 6.16 Å². The molecule has 1 saturated heterocycles. The quantitative estimate of drug-likeness (QED) is 0.200. The highest BCUT2D eigenvalue weighted by atomic mass is 32.4. The first-order valence-electron chi connectivity index (χ1n) is 12.1. The summed E-state index contributed by atoms with van der Waals surface area (Å²) in [5, 5.41) is 3.93. The Morgan fingerprint density at radius 2 is 1.21 bits per heavy atom. The van der Waals surface area contributed by atoms with E-state index in [0.717, 1.165) is 6.42 Å². The third kappa shape index (κ3) is 4.49. The second-order valence-electron chi connectivity index (χ2n) is 9.26. The van der Waals surface area contributed by atoms with Crippen molar-refractivity contribution < 1.29 is 0 Å². The van der Waals surface area contributed by atoms with Crippen LogP contribution in [0.1, 0.15) is 30.5 Å². The molecule has 4 heteroatoms. The summed E-state index contributed by atoms with van der Waals surface area (Å²) >= 11 is 6.56. The molecule has 3 radical (unpaired) electrons. The summed E-state index contributed by atoms with van der Waals surface area (Å²) in [5.41, 5.74) is 2.09. The minimum atomic E-state index is -2.24. The van der Waals surface area contributed by atoms with Gasteiger partial charge in [0.15, 0.2) is 0 Å². The van der Waals surface area contributed by atoms with E-state index in [1.807, 2.05) is 0 Å². The summed E-state index contributed by atoms with van der Waals surface area (Å²) in [6.45, 7) is 0. The lowest BCUT2D eigenvalue weighted by Gasteiger charge is -2.45. The van der Waals surface area contributed by atoms with E-state index in [1.54, 1.807) is 0 Å². The summed E-state index contributed by atoms with van der Waals surface area (Å²) in [5.74, 6) is 0. The van der Waals surface area contributed by atoms with E-state index >= 15 is 0 Å². The van der Waals surface area contributed by atoms with E-state index in [-0.39, 0.29) is 5.66 Å². The first kappa shape index (κ1) is 23.8. The maximum Gasteiger partial charge on any atom is 0.0566 e. The smallest absolute Gasteiger partial charge is 0.0566 e. The Hall–Kier alpha value is -1.98. The number of hydrogen-bond donors (Lipinski definition) is 0. The van der Waals surface area contributed by atoms with Gasteiger partial charge in [0.25, 0.3) is 0 Å². The lowest BCUT2D eigenvalue weighted by atomic mass is 10.1. The van der Waals surface area contributed by atoms with Gasteiger partial charge in [0.1, 0.15) is 0 Å². The van der Waals surface area contributed by atoms with E-state index in [0.29, 0.717) is 5.66 Å². The fourth-order valence-corrected chi connectivity index (χ4v) is 14.2. The van der Waals surface area contributed by atoms with E-state index in [1.165, 1.54) is 40.5 Å². The van der Waals surface area contributed by atoms with Crippen LogP contribution in [0.3, 0.4) is 0 Å². The number of rotatable bonds is 7. The van der Waals surface area contributed by atoms with Crippen LogP contribution in [0.2, 0.25) is 0 Å². The molecule has 0 N–H and O–H groups in total. The maximum atomic E-state index is 7.71. The zero-order valence-electron chi connectivity index (χ0n) is 19.4. The molecular weight excluding hydrogens is 465 g/mol. The molecule has 0 nitrogen and oxygen atoms in total. The molecule has 4 aromatic carbocycles. The molecule has 4 aromatic rings. The van der Waals surface area contributed by atoms with Gasteiger partial charge in [0.05, 0.1) is 5.66 Å². The highest BCUT2D eigenvalue weighted by Gasteiger charge is 2.42. The molecule has 0 bridgehead atoms. The normalized spacial score (nSPS) is 21.3. The number of benzene rings is 4. The molecule has 0 amide bonds. The van der Waals surface area contributed by atoms with Crippen LogP contribution < -0.4 is 15.9 Å². The van der Waals surface area contributed by atoms with Crippen molar-refractivity contribution >= 4 is 48.5 Å². The average molecular weight is 495 g/mol. The van der Waals surface area contributed by atoms with Gasteiger partial charge < -0.3 is 0 Å². The SMILES string of the molecule is [B-][P+](c1ccccc1)(c1ccccc1)C(CC1CCCP1(=S)c1ccccc1)c1ccccc1. The van der Waals surface area contributed by atoms with E-state index in [9.17, 15) is 0 Å². The largest absolute Gasteiger partial charge is 0.291 e. The molecule has 1 aliphatic heterocycles. The Morgan fingerprint density at radius 3 is 1.74 bits per heavy atom. The summed E-state index contributed by atoms with van der Waals surface area (Å²) in [6.07, 6.45) is 4.65. The van der Waals surface area contributed by atoms with Gasteiger partial charge in [-0.15, -0.1) is 0 Å². The Labute approximate surface area is 211 Å².